The monoisotopic (exact) mass is 626 g/mol. The third-order valence-electron chi connectivity index (χ3n) is 10.6. The zero-order valence-corrected chi connectivity index (χ0v) is 27.3. The van der Waals surface area contributed by atoms with Gasteiger partial charge in [0.2, 0.25) is 5.91 Å². The van der Waals surface area contributed by atoms with Gasteiger partial charge in [0, 0.05) is 54.1 Å². The summed E-state index contributed by atoms with van der Waals surface area (Å²) >= 11 is 0. The van der Waals surface area contributed by atoms with E-state index in [1.165, 1.54) is 40.5 Å². The Morgan fingerprint density at radius 2 is 1.70 bits per heavy atom. The van der Waals surface area contributed by atoms with Gasteiger partial charge in [-0.2, -0.15) is 0 Å². The lowest BCUT2D eigenvalue weighted by atomic mass is 9.94. The highest BCUT2D eigenvalue weighted by Crippen LogP contribution is 2.51. The highest BCUT2D eigenvalue weighted by Gasteiger charge is 2.50. The first-order chi connectivity index (χ1) is 22.4. The van der Waals surface area contributed by atoms with E-state index in [1.54, 1.807) is 4.90 Å². The van der Waals surface area contributed by atoms with E-state index in [4.69, 9.17) is 0 Å². The predicted molar refractivity (Wildman–Crippen MR) is 191 cm³/mol. The summed E-state index contributed by atoms with van der Waals surface area (Å²) < 4.78 is 0. The Labute approximate surface area is 273 Å². The highest BCUT2D eigenvalue weighted by atomic mass is 31.0. The second-order valence-electron chi connectivity index (χ2n) is 13.2. The van der Waals surface area contributed by atoms with E-state index in [-0.39, 0.29) is 17.4 Å². The number of carbonyl (C=O) groups is 2. The molecule has 2 unspecified atom stereocenters. The molecule has 8 rings (SSSR count). The Balaban J connectivity index is 0.988. The van der Waals surface area contributed by atoms with Crippen LogP contribution in [0, 0.1) is 0 Å². The van der Waals surface area contributed by atoms with Gasteiger partial charge in [-0.25, -0.2) is 0 Å². The summed E-state index contributed by atoms with van der Waals surface area (Å²) in [4.78, 5) is 33.3. The van der Waals surface area contributed by atoms with E-state index in [0.29, 0.717) is 24.1 Å². The number of hydrogen-bond acceptors (Lipinski definition) is 4. The van der Waals surface area contributed by atoms with E-state index in [1.807, 2.05) is 24.3 Å². The lowest BCUT2D eigenvalue weighted by Crippen LogP contribution is -2.51. The van der Waals surface area contributed by atoms with Crippen LogP contribution in [0.5, 0.6) is 0 Å². The van der Waals surface area contributed by atoms with Crippen LogP contribution in [0.15, 0.2) is 91.7 Å². The van der Waals surface area contributed by atoms with Crippen LogP contribution in [0.25, 0.3) is 16.8 Å². The van der Waals surface area contributed by atoms with Gasteiger partial charge in [-0.15, -0.1) is 9.24 Å². The van der Waals surface area contributed by atoms with E-state index in [9.17, 15) is 9.59 Å². The van der Waals surface area contributed by atoms with Crippen LogP contribution in [0.4, 0.5) is 11.4 Å². The van der Waals surface area contributed by atoms with Crippen LogP contribution in [0.2, 0.25) is 0 Å². The summed E-state index contributed by atoms with van der Waals surface area (Å²) in [6, 6.07) is 25.4. The summed E-state index contributed by atoms with van der Waals surface area (Å²) in [5.41, 5.74) is 8.71. The summed E-state index contributed by atoms with van der Waals surface area (Å²) in [7, 11) is 2.90. The van der Waals surface area contributed by atoms with E-state index in [2.05, 4.69) is 92.1 Å². The molecule has 3 fully saturated rings. The number of rotatable bonds is 7. The van der Waals surface area contributed by atoms with Crippen molar-refractivity contribution >= 4 is 54.6 Å². The molecule has 6 nitrogen and oxygen atoms in total. The van der Waals surface area contributed by atoms with Gasteiger partial charge in [0.15, 0.2) is 0 Å². The number of nitrogens with zero attached hydrogens (tertiary/aromatic N) is 3. The van der Waals surface area contributed by atoms with Gasteiger partial charge in [-0.05, 0) is 89.3 Å². The molecule has 232 valence electrons. The van der Waals surface area contributed by atoms with E-state index < -0.39 is 6.04 Å². The lowest BCUT2D eigenvalue weighted by Gasteiger charge is -2.41. The number of piperazine rings is 1. The second-order valence-corrected chi connectivity index (χ2v) is 13.8. The number of nitrogens with one attached hydrogen (secondary N) is 1. The number of allylic oxidation sites excluding steroid dienone is 1. The van der Waals surface area contributed by atoms with Gasteiger partial charge < -0.3 is 10.2 Å². The average molecular weight is 627 g/mol. The van der Waals surface area contributed by atoms with Gasteiger partial charge in [-0.1, -0.05) is 67.8 Å². The minimum atomic E-state index is -0.517. The van der Waals surface area contributed by atoms with Gasteiger partial charge in [-0.3, -0.25) is 19.4 Å². The Bertz CT molecular complexity index is 1920. The third-order valence-corrected chi connectivity index (χ3v) is 11.0. The van der Waals surface area contributed by atoms with Crippen LogP contribution in [0.1, 0.15) is 58.3 Å². The molecule has 0 aromatic heterocycles. The lowest BCUT2D eigenvalue weighted by molar-refractivity contribution is -0.122. The maximum Gasteiger partial charge on any atom is 0.259 e. The molecule has 4 aromatic rings. The number of carbonyl (C=O) groups excluding carboxylic acids is 2. The van der Waals surface area contributed by atoms with Crippen LogP contribution in [0.3, 0.4) is 0 Å². The van der Waals surface area contributed by atoms with Gasteiger partial charge in [0.1, 0.15) is 6.04 Å². The smallest absolute Gasteiger partial charge is 0.259 e. The molecule has 1 aliphatic carbocycles. The first-order valence-corrected chi connectivity index (χ1v) is 16.9. The largest absolute Gasteiger partial charge is 0.368 e. The fraction of sp³-hybridized carbons (Fsp3) is 0.282. The molecule has 2 atom stereocenters. The summed E-state index contributed by atoms with van der Waals surface area (Å²) in [6.45, 7) is 12.0. The summed E-state index contributed by atoms with van der Waals surface area (Å²) in [5, 5.41) is 6.12. The number of hydrogen-bond donors (Lipinski definition) is 1. The first-order valence-electron chi connectivity index (χ1n) is 16.3. The second kappa shape index (κ2) is 11.2. The Morgan fingerprint density at radius 3 is 2.39 bits per heavy atom. The summed E-state index contributed by atoms with van der Waals surface area (Å²) in [5.74, 6) is -0.247. The zero-order chi connectivity index (χ0) is 31.6. The number of piperidine rings is 1. The molecule has 3 heterocycles. The quantitative estimate of drug-likeness (QED) is 0.251. The van der Waals surface area contributed by atoms with Crippen LogP contribution in [-0.2, 0) is 16.8 Å². The van der Waals surface area contributed by atoms with Crippen LogP contribution < -0.4 is 20.4 Å². The first kappa shape index (κ1) is 29.2. The summed E-state index contributed by atoms with van der Waals surface area (Å²) in [6.07, 6.45) is 6.36. The van der Waals surface area contributed by atoms with Crippen molar-refractivity contribution in [2.45, 2.75) is 43.7 Å². The maximum absolute atomic E-state index is 13.6. The van der Waals surface area contributed by atoms with Crippen LogP contribution in [-0.4, -0.2) is 48.9 Å². The van der Waals surface area contributed by atoms with Crippen molar-refractivity contribution < 1.29 is 9.59 Å². The highest BCUT2D eigenvalue weighted by molar-refractivity contribution is 7.28. The van der Waals surface area contributed by atoms with E-state index in [0.717, 1.165) is 54.6 Å². The van der Waals surface area contributed by atoms with Gasteiger partial charge in [0.05, 0.1) is 5.69 Å². The molecule has 7 heteroatoms. The minimum absolute atomic E-state index is 0.0926. The number of amides is 2. The predicted octanol–water partition coefficient (Wildman–Crippen LogP) is 6.14. The van der Waals surface area contributed by atoms with Crippen LogP contribution >= 0.6 is 9.24 Å². The van der Waals surface area contributed by atoms with Gasteiger partial charge >= 0.3 is 0 Å². The van der Waals surface area contributed by atoms with Crippen molar-refractivity contribution in [1.82, 2.24) is 10.2 Å². The Morgan fingerprint density at radius 1 is 0.935 bits per heavy atom. The Kier molecular flexibility index (Phi) is 7.12. The third kappa shape index (κ3) is 4.78. The fourth-order valence-electron chi connectivity index (χ4n) is 7.96. The molecule has 2 amide bonds. The molecule has 2 saturated heterocycles. The SMILES string of the molecule is C=Cc1ccc(N2CCN(C3(c4ccc(Cc5ccc6c7c(cccc57)C(=O)N6C5CCC(=C)NC5=O)cc4)CC3)CC2)c(P)c1. The number of anilines is 2. The zero-order valence-electron chi connectivity index (χ0n) is 26.1. The van der Waals surface area contributed by atoms with Crippen molar-refractivity contribution in [2.75, 3.05) is 36.0 Å². The van der Waals surface area contributed by atoms with Crippen molar-refractivity contribution in [2.24, 2.45) is 0 Å². The normalized spacial score (nSPS) is 20.7. The van der Waals surface area contributed by atoms with Crippen molar-refractivity contribution in [3.8, 4) is 0 Å². The molecule has 1 saturated carbocycles. The topological polar surface area (TPSA) is 55.9 Å². The molecular weight excluding hydrogens is 587 g/mol. The Hall–Kier alpha value is -4.25. The molecule has 0 spiro atoms. The molecule has 0 bridgehead atoms. The van der Waals surface area contributed by atoms with Crippen molar-refractivity contribution in [3.63, 3.8) is 0 Å². The molecular formula is C39H39N4O2P. The maximum atomic E-state index is 13.6. The standard InChI is InChI=1S/C39H39N4O2P/c1-3-26-10-15-32(35(46)24-26)41-19-21-42(22-20-41)39(17-18-39)29-12-8-27(9-13-29)23-28-11-16-33-36-30(28)5-4-6-31(36)38(45)43(33)34-14-7-25(2)40-37(34)44/h3-6,8-13,15-16,24,34H,1-2,7,14,17-23,46H2,(H,40,44). The molecule has 1 N–H and O–H groups in total. The number of benzene rings is 4. The molecule has 4 aliphatic rings. The molecule has 3 aliphatic heterocycles. The average Bonchev–Trinajstić information content (AvgIpc) is 3.83. The van der Waals surface area contributed by atoms with Gasteiger partial charge in [0.25, 0.3) is 5.91 Å². The molecule has 0 radical (unpaired) electrons. The van der Waals surface area contributed by atoms with Crippen molar-refractivity contribution in [3.05, 3.63) is 119 Å². The van der Waals surface area contributed by atoms with Crippen molar-refractivity contribution in [1.29, 1.82) is 0 Å². The molecule has 46 heavy (non-hydrogen) atoms. The minimum Gasteiger partial charge on any atom is -0.368 e. The fourth-order valence-corrected chi connectivity index (χ4v) is 8.43. The molecule has 4 aromatic carbocycles. The van der Waals surface area contributed by atoms with E-state index >= 15 is 0 Å².